The van der Waals surface area contributed by atoms with Crippen LogP contribution in [0, 0.1) is 6.92 Å². The van der Waals surface area contributed by atoms with Crippen LogP contribution >= 0.6 is 0 Å². The van der Waals surface area contributed by atoms with Crippen LogP contribution in [0.2, 0.25) is 0 Å². The predicted molar refractivity (Wildman–Crippen MR) is 61.8 cm³/mol. The largest absolute Gasteiger partial charge is 0.478 e. The van der Waals surface area contributed by atoms with Crippen molar-refractivity contribution < 1.29 is 9.90 Å². The molecule has 3 heterocycles. The van der Waals surface area contributed by atoms with Crippen molar-refractivity contribution in [2.75, 3.05) is 0 Å². The summed E-state index contributed by atoms with van der Waals surface area (Å²) in [6, 6.07) is 1.79. The standard InChI is InChI=1S/C11H9N5O2/c1-7-8(11(17)18)6-16(14-7)10-9-2-3-13-15(9)5-4-12-10/h2-6H,1H3,(H,17,18). The molecule has 90 valence electrons. The number of carboxylic acid groups (broad SMARTS) is 1. The number of carboxylic acids is 1. The highest BCUT2D eigenvalue weighted by Gasteiger charge is 2.14. The van der Waals surface area contributed by atoms with Crippen molar-refractivity contribution in [3.05, 3.63) is 42.1 Å². The van der Waals surface area contributed by atoms with Crippen LogP contribution in [0.15, 0.2) is 30.9 Å². The average Bonchev–Trinajstić information content (AvgIpc) is 2.94. The van der Waals surface area contributed by atoms with Crippen LogP contribution in [0.1, 0.15) is 16.1 Å². The van der Waals surface area contributed by atoms with Gasteiger partial charge in [-0.2, -0.15) is 10.2 Å². The van der Waals surface area contributed by atoms with Gasteiger partial charge in [-0.25, -0.2) is 19.0 Å². The first-order chi connectivity index (χ1) is 8.66. The molecule has 0 spiro atoms. The van der Waals surface area contributed by atoms with E-state index in [2.05, 4.69) is 15.2 Å². The fourth-order valence-corrected chi connectivity index (χ4v) is 1.80. The maximum Gasteiger partial charge on any atom is 0.339 e. The Balaban J connectivity index is 2.23. The zero-order chi connectivity index (χ0) is 12.7. The third-order valence-corrected chi connectivity index (χ3v) is 2.65. The first kappa shape index (κ1) is 10.5. The SMILES string of the molecule is Cc1nn(-c2nccn3nccc23)cc1C(=O)O. The summed E-state index contributed by atoms with van der Waals surface area (Å²) in [6.07, 6.45) is 6.40. The predicted octanol–water partition coefficient (Wildman–Crippen LogP) is 0.922. The van der Waals surface area contributed by atoms with Crippen molar-refractivity contribution in [1.29, 1.82) is 0 Å². The molecule has 0 radical (unpaired) electrons. The lowest BCUT2D eigenvalue weighted by Crippen LogP contribution is -2.02. The summed E-state index contributed by atoms with van der Waals surface area (Å²) in [4.78, 5) is 15.2. The molecule has 0 amide bonds. The zero-order valence-corrected chi connectivity index (χ0v) is 9.48. The molecule has 0 saturated heterocycles. The molecular formula is C11H9N5O2. The number of nitrogens with zero attached hydrogens (tertiary/aromatic N) is 5. The molecule has 3 rings (SSSR count). The van der Waals surface area contributed by atoms with Gasteiger partial charge in [-0.05, 0) is 13.0 Å². The fraction of sp³-hybridized carbons (Fsp3) is 0.0909. The van der Waals surface area contributed by atoms with Crippen LogP contribution in [0.25, 0.3) is 11.3 Å². The molecule has 3 aromatic rings. The van der Waals surface area contributed by atoms with Crippen molar-refractivity contribution in [1.82, 2.24) is 24.4 Å². The number of carbonyl (C=O) groups is 1. The Morgan fingerprint density at radius 3 is 2.94 bits per heavy atom. The third-order valence-electron chi connectivity index (χ3n) is 2.65. The summed E-state index contributed by atoms with van der Waals surface area (Å²) in [5, 5.41) is 17.3. The minimum atomic E-state index is -1.00. The maximum absolute atomic E-state index is 11.0. The molecule has 0 fully saturated rings. The number of aromatic nitrogens is 5. The summed E-state index contributed by atoms with van der Waals surface area (Å²) in [5.41, 5.74) is 1.38. The Labute approximate surface area is 101 Å². The van der Waals surface area contributed by atoms with E-state index in [-0.39, 0.29) is 5.56 Å². The maximum atomic E-state index is 11.0. The van der Waals surface area contributed by atoms with E-state index in [1.807, 2.05) is 0 Å². The molecular weight excluding hydrogens is 234 g/mol. The first-order valence-corrected chi connectivity index (χ1v) is 5.25. The van der Waals surface area contributed by atoms with Crippen LogP contribution in [0.4, 0.5) is 0 Å². The number of hydrogen-bond acceptors (Lipinski definition) is 4. The van der Waals surface area contributed by atoms with Crippen LogP contribution in [0.5, 0.6) is 0 Å². The van der Waals surface area contributed by atoms with E-state index in [1.165, 1.54) is 10.9 Å². The van der Waals surface area contributed by atoms with Crippen molar-refractivity contribution in [3.63, 3.8) is 0 Å². The molecule has 0 aromatic carbocycles. The van der Waals surface area contributed by atoms with Crippen molar-refractivity contribution in [2.24, 2.45) is 0 Å². The lowest BCUT2D eigenvalue weighted by Gasteiger charge is -2.01. The van der Waals surface area contributed by atoms with Gasteiger partial charge >= 0.3 is 5.97 Å². The Morgan fingerprint density at radius 1 is 1.39 bits per heavy atom. The van der Waals surface area contributed by atoms with Crippen LogP contribution in [-0.2, 0) is 0 Å². The second-order valence-electron chi connectivity index (χ2n) is 3.79. The molecule has 3 aromatic heterocycles. The quantitative estimate of drug-likeness (QED) is 0.723. The van der Waals surface area contributed by atoms with Gasteiger partial charge in [-0.15, -0.1) is 0 Å². The third kappa shape index (κ3) is 1.45. The van der Waals surface area contributed by atoms with Gasteiger partial charge in [0.1, 0.15) is 11.1 Å². The van der Waals surface area contributed by atoms with E-state index < -0.39 is 5.97 Å². The lowest BCUT2D eigenvalue weighted by atomic mass is 10.3. The van der Waals surface area contributed by atoms with Gasteiger partial charge in [-0.3, -0.25) is 0 Å². The first-order valence-electron chi connectivity index (χ1n) is 5.25. The Hall–Kier alpha value is -2.70. The number of rotatable bonds is 2. The van der Waals surface area contributed by atoms with E-state index in [0.29, 0.717) is 11.5 Å². The topological polar surface area (TPSA) is 85.3 Å². The molecule has 18 heavy (non-hydrogen) atoms. The highest BCUT2D eigenvalue weighted by molar-refractivity contribution is 5.88. The number of fused-ring (bicyclic) bond motifs is 1. The normalized spacial score (nSPS) is 10.9. The second-order valence-corrected chi connectivity index (χ2v) is 3.79. The van der Waals surface area contributed by atoms with Crippen LogP contribution < -0.4 is 0 Å². The van der Waals surface area contributed by atoms with E-state index in [0.717, 1.165) is 5.52 Å². The van der Waals surface area contributed by atoms with Gasteiger partial charge in [-0.1, -0.05) is 0 Å². The molecule has 0 aliphatic carbocycles. The molecule has 1 N–H and O–H groups in total. The summed E-state index contributed by atoms with van der Waals surface area (Å²) in [7, 11) is 0. The van der Waals surface area contributed by atoms with Gasteiger partial charge < -0.3 is 5.11 Å². The zero-order valence-electron chi connectivity index (χ0n) is 9.48. The Kier molecular flexibility index (Phi) is 2.12. The Bertz CT molecular complexity index is 743. The van der Waals surface area contributed by atoms with Gasteiger partial charge in [0.05, 0.1) is 11.9 Å². The number of aryl methyl sites for hydroxylation is 1. The molecule has 7 heteroatoms. The molecule has 0 unspecified atom stereocenters. The summed E-state index contributed by atoms with van der Waals surface area (Å²) >= 11 is 0. The Morgan fingerprint density at radius 2 is 2.22 bits per heavy atom. The smallest absolute Gasteiger partial charge is 0.339 e. The monoisotopic (exact) mass is 243 g/mol. The van der Waals surface area contributed by atoms with E-state index in [1.54, 1.807) is 36.1 Å². The minimum absolute atomic E-state index is 0.165. The summed E-state index contributed by atoms with van der Waals surface area (Å²) in [5.74, 6) is -0.454. The number of aromatic carboxylic acids is 1. The molecule has 7 nitrogen and oxygen atoms in total. The molecule has 0 aliphatic rings. The van der Waals surface area contributed by atoms with Crippen LogP contribution in [0.3, 0.4) is 0 Å². The number of hydrogen-bond donors (Lipinski definition) is 1. The van der Waals surface area contributed by atoms with E-state index >= 15 is 0 Å². The van der Waals surface area contributed by atoms with Crippen molar-refractivity contribution in [3.8, 4) is 5.82 Å². The van der Waals surface area contributed by atoms with Crippen molar-refractivity contribution >= 4 is 11.5 Å². The summed E-state index contributed by atoms with van der Waals surface area (Å²) < 4.78 is 3.11. The molecule has 0 aliphatic heterocycles. The average molecular weight is 243 g/mol. The van der Waals surface area contributed by atoms with Gasteiger partial charge in [0, 0.05) is 18.6 Å². The molecule has 0 atom stereocenters. The summed E-state index contributed by atoms with van der Waals surface area (Å²) in [6.45, 7) is 1.65. The van der Waals surface area contributed by atoms with E-state index in [9.17, 15) is 4.79 Å². The minimum Gasteiger partial charge on any atom is -0.478 e. The van der Waals surface area contributed by atoms with Gasteiger partial charge in [0.2, 0.25) is 0 Å². The lowest BCUT2D eigenvalue weighted by molar-refractivity contribution is 0.0696. The molecule has 0 saturated carbocycles. The van der Waals surface area contributed by atoms with Gasteiger partial charge in [0.25, 0.3) is 0 Å². The molecule has 0 bridgehead atoms. The van der Waals surface area contributed by atoms with Gasteiger partial charge in [0.15, 0.2) is 5.82 Å². The van der Waals surface area contributed by atoms with Crippen LogP contribution in [-0.4, -0.2) is 35.5 Å². The second kappa shape index (κ2) is 3.66. The van der Waals surface area contributed by atoms with Crippen molar-refractivity contribution in [2.45, 2.75) is 6.92 Å². The highest BCUT2D eigenvalue weighted by atomic mass is 16.4. The highest BCUT2D eigenvalue weighted by Crippen LogP contribution is 2.14. The fourth-order valence-electron chi connectivity index (χ4n) is 1.80. The van der Waals surface area contributed by atoms with E-state index in [4.69, 9.17) is 5.11 Å².